The number of hydrogen-bond donors (Lipinski definition) is 2. The first-order valence-electron chi connectivity index (χ1n) is 7.45. The van der Waals surface area contributed by atoms with Gasteiger partial charge in [-0.05, 0) is 54.2 Å². The van der Waals surface area contributed by atoms with Gasteiger partial charge in [0, 0.05) is 0 Å². The molecule has 1 aliphatic rings. The highest BCUT2D eigenvalue weighted by molar-refractivity contribution is 5.41. The second kappa shape index (κ2) is 5.54. The standard InChI is InChI=1S/C17H26O2/c1-4-17(2,3)13-8-9-15(16(19)11-13)12-6-5-7-14(18)10-12/h8-9,11-12,14,18-19H,4-7,10H2,1-3H3/t12-,14+/m1/s1. The lowest BCUT2D eigenvalue weighted by Crippen LogP contribution is -2.19. The van der Waals surface area contributed by atoms with Gasteiger partial charge in [-0.1, -0.05) is 39.3 Å². The molecule has 1 aromatic carbocycles. The van der Waals surface area contributed by atoms with E-state index in [1.54, 1.807) is 0 Å². The quantitative estimate of drug-likeness (QED) is 0.861. The Morgan fingerprint density at radius 3 is 2.58 bits per heavy atom. The van der Waals surface area contributed by atoms with Gasteiger partial charge in [0.25, 0.3) is 0 Å². The van der Waals surface area contributed by atoms with E-state index < -0.39 is 0 Å². The van der Waals surface area contributed by atoms with E-state index in [4.69, 9.17) is 0 Å². The van der Waals surface area contributed by atoms with Gasteiger partial charge in [0.2, 0.25) is 0 Å². The molecule has 19 heavy (non-hydrogen) atoms. The monoisotopic (exact) mass is 262 g/mol. The maximum absolute atomic E-state index is 10.3. The van der Waals surface area contributed by atoms with E-state index in [0.717, 1.165) is 37.7 Å². The van der Waals surface area contributed by atoms with Crippen molar-refractivity contribution in [1.29, 1.82) is 0 Å². The number of hydrogen-bond acceptors (Lipinski definition) is 2. The number of rotatable bonds is 3. The summed E-state index contributed by atoms with van der Waals surface area (Å²) in [6, 6.07) is 6.12. The molecule has 2 atom stereocenters. The van der Waals surface area contributed by atoms with Gasteiger partial charge in [-0.3, -0.25) is 0 Å². The highest BCUT2D eigenvalue weighted by Gasteiger charge is 2.25. The van der Waals surface area contributed by atoms with Gasteiger partial charge >= 0.3 is 0 Å². The third-order valence-corrected chi connectivity index (χ3v) is 4.78. The van der Waals surface area contributed by atoms with Crippen molar-refractivity contribution in [2.24, 2.45) is 0 Å². The van der Waals surface area contributed by atoms with E-state index in [1.165, 1.54) is 5.56 Å². The first kappa shape index (κ1) is 14.4. The number of benzene rings is 1. The molecule has 0 heterocycles. The Morgan fingerprint density at radius 2 is 2.00 bits per heavy atom. The van der Waals surface area contributed by atoms with Crippen molar-refractivity contribution in [3.8, 4) is 5.75 Å². The minimum absolute atomic E-state index is 0.0993. The summed E-state index contributed by atoms with van der Waals surface area (Å²) in [5.74, 6) is 0.709. The zero-order valence-corrected chi connectivity index (χ0v) is 12.3. The fourth-order valence-corrected chi connectivity index (χ4v) is 2.96. The van der Waals surface area contributed by atoms with Crippen molar-refractivity contribution in [3.63, 3.8) is 0 Å². The van der Waals surface area contributed by atoms with Crippen molar-refractivity contribution in [2.45, 2.75) is 70.3 Å². The van der Waals surface area contributed by atoms with Crippen LogP contribution in [0.4, 0.5) is 0 Å². The average Bonchev–Trinajstić information content (AvgIpc) is 2.38. The van der Waals surface area contributed by atoms with Crippen LogP contribution in [0.25, 0.3) is 0 Å². The van der Waals surface area contributed by atoms with Crippen LogP contribution in [0, 0.1) is 0 Å². The lowest BCUT2D eigenvalue weighted by molar-refractivity contribution is 0.119. The van der Waals surface area contributed by atoms with Gasteiger partial charge in [0.15, 0.2) is 0 Å². The number of aliphatic hydroxyl groups excluding tert-OH is 1. The predicted molar refractivity (Wildman–Crippen MR) is 78.6 cm³/mol. The summed E-state index contributed by atoms with van der Waals surface area (Å²) in [5, 5.41) is 20.1. The van der Waals surface area contributed by atoms with E-state index in [2.05, 4.69) is 32.9 Å². The van der Waals surface area contributed by atoms with Crippen LogP contribution in [-0.4, -0.2) is 16.3 Å². The third-order valence-electron chi connectivity index (χ3n) is 4.78. The van der Waals surface area contributed by atoms with E-state index in [-0.39, 0.29) is 11.5 Å². The fourth-order valence-electron chi connectivity index (χ4n) is 2.96. The highest BCUT2D eigenvalue weighted by atomic mass is 16.3. The van der Waals surface area contributed by atoms with E-state index >= 15 is 0 Å². The zero-order valence-electron chi connectivity index (χ0n) is 12.3. The smallest absolute Gasteiger partial charge is 0.119 e. The SMILES string of the molecule is CCC(C)(C)c1ccc([C@@H]2CCC[C@H](O)C2)c(O)c1. The van der Waals surface area contributed by atoms with Gasteiger partial charge < -0.3 is 10.2 Å². The minimum Gasteiger partial charge on any atom is -0.508 e. The minimum atomic E-state index is -0.204. The van der Waals surface area contributed by atoms with Crippen molar-refractivity contribution >= 4 is 0 Å². The van der Waals surface area contributed by atoms with Gasteiger partial charge in [0.05, 0.1) is 6.10 Å². The van der Waals surface area contributed by atoms with Crippen LogP contribution in [0.1, 0.15) is 69.9 Å². The molecule has 2 rings (SSSR count). The Balaban J connectivity index is 2.24. The Hall–Kier alpha value is -1.02. The molecule has 0 radical (unpaired) electrons. The second-order valence-corrected chi connectivity index (χ2v) is 6.53. The maximum Gasteiger partial charge on any atom is 0.119 e. The van der Waals surface area contributed by atoms with Crippen LogP contribution in [0.3, 0.4) is 0 Å². The summed E-state index contributed by atoms with van der Waals surface area (Å²) >= 11 is 0. The average molecular weight is 262 g/mol. The highest BCUT2D eigenvalue weighted by Crippen LogP contribution is 2.39. The molecule has 2 N–H and O–H groups in total. The molecule has 0 saturated heterocycles. The zero-order chi connectivity index (χ0) is 14.0. The molecule has 1 aromatic rings. The summed E-state index contributed by atoms with van der Waals surface area (Å²) in [5.41, 5.74) is 2.30. The first-order valence-corrected chi connectivity index (χ1v) is 7.45. The normalized spacial score (nSPS) is 24.4. The molecular formula is C17H26O2. The molecule has 1 fully saturated rings. The summed E-state index contributed by atoms with van der Waals surface area (Å²) in [4.78, 5) is 0. The van der Waals surface area contributed by atoms with Crippen LogP contribution >= 0.6 is 0 Å². The van der Waals surface area contributed by atoms with Crippen LogP contribution in [0.2, 0.25) is 0 Å². The summed E-state index contributed by atoms with van der Waals surface area (Å²) in [6.45, 7) is 6.57. The molecule has 0 bridgehead atoms. The number of aromatic hydroxyl groups is 1. The molecule has 2 heteroatoms. The van der Waals surface area contributed by atoms with Crippen molar-refractivity contribution < 1.29 is 10.2 Å². The molecule has 2 nitrogen and oxygen atoms in total. The maximum atomic E-state index is 10.3. The van der Waals surface area contributed by atoms with E-state index in [9.17, 15) is 10.2 Å². The number of phenols is 1. The van der Waals surface area contributed by atoms with Gasteiger partial charge in [0.1, 0.15) is 5.75 Å². The molecule has 0 spiro atoms. The summed E-state index contributed by atoms with van der Waals surface area (Å²) < 4.78 is 0. The molecule has 106 valence electrons. The third kappa shape index (κ3) is 3.11. The van der Waals surface area contributed by atoms with Gasteiger partial charge in [-0.25, -0.2) is 0 Å². The Labute approximate surface area is 116 Å². The summed E-state index contributed by atoms with van der Waals surface area (Å²) in [7, 11) is 0. The largest absolute Gasteiger partial charge is 0.508 e. The van der Waals surface area contributed by atoms with Crippen molar-refractivity contribution in [2.75, 3.05) is 0 Å². The Kier molecular flexibility index (Phi) is 4.19. The lowest BCUT2D eigenvalue weighted by Gasteiger charge is -2.28. The Morgan fingerprint density at radius 1 is 1.26 bits per heavy atom. The van der Waals surface area contributed by atoms with Crippen LogP contribution in [0.15, 0.2) is 18.2 Å². The van der Waals surface area contributed by atoms with Crippen LogP contribution < -0.4 is 0 Å². The predicted octanol–water partition coefficient (Wildman–Crippen LogP) is 4.10. The van der Waals surface area contributed by atoms with Crippen molar-refractivity contribution in [1.82, 2.24) is 0 Å². The van der Waals surface area contributed by atoms with Crippen LogP contribution in [-0.2, 0) is 5.41 Å². The second-order valence-electron chi connectivity index (χ2n) is 6.53. The topological polar surface area (TPSA) is 40.5 Å². The van der Waals surface area contributed by atoms with E-state index in [0.29, 0.717) is 11.7 Å². The molecule has 0 aromatic heterocycles. The van der Waals surface area contributed by atoms with Gasteiger partial charge in [-0.2, -0.15) is 0 Å². The summed E-state index contributed by atoms with van der Waals surface area (Å²) in [6.07, 6.45) is 4.65. The molecule has 0 unspecified atom stereocenters. The molecule has 0 aliphatic heterocycles. The molecule has 0 amide bonds. The fraction of sp³-hybridized carbons (Fsp3) is 0.647. The van der Waals surface area contributed by atoms with Gasteiger partial charge in [-0.15, -0.1) is 0 Å². The molecule has 1 aliphatic carbocycles. The Bertz CT molecular complexity index is 437. The van der Waals surface area contributed by atoms with Crippen molar-refractivity contribution in [3.05, 3.63) is 29.3 Å². The number of phenolic OH excluding ortho intramolecular Hbond substituents is 1. The first-order chi connectivity index (χ1) is 8.94. The molecular weight excluding hydrogens is 236 g/mol. The van der Waals surface area contributed by atoms with Crippen LogP contribution in [0.5, 0.6) is 5.75 Å². The van der Waals surface area contributed by atoms with E-state index in [1.807, 2.05) is 6.07 Å². The number of aliphatic hydroxyl groups is 1. The molecule has 1 saturated carbocycles. The lowest BCUT2D eigenvalue weighted by atomic mass is 9.78.